The third-order valence-corrected chi connectivity index (χ3v) is 5.62. The van der Waals surface area contributed by atoms with E-state index in [0.29, 0.717) is 18.9 Å². The minimum absolute atomic E-state index is 0.0730. The van der Waals surface area contributed by atoms with E-state index >= 15 is 0 Å². The molecule has 0 amide bonds. The second-order valence-corrected chi connectivity index (χ2v) is 7.81. The van der Waals surface area contributed by atoms with Crippen LogP contribution in [0, 0.1) is 5.82 Å². The number of rotatable bonds is 7. The van der Waals surface area contributed by atoms with Gasteiger partial charge in [-0.3, -0.25) is 4.90 Å². The molecule has 0 aromatic heterocycles. The molecule has 0 saturated carbocycles. The molecule has 4 nitrogen and oxygen atoms in total. The Bertz CT molecular complexity index is 767. The van der Waals surface area contributed by atoms with Gasteiger partial charge in [0.15, 0.2) is 0 Å². The predicted octanol–water partition coefficient (Wildman–Crippen LogP) is 3.73. The number of nitrogens with zero attached hydrogens (tertiary/aromatic N) is 1. The highest BCUT2D eigenvalue weighted by molar-refractivity contribution is 5.31. The van der Waals surface area contributed by atoms with E-state index in [1.165, 1.54) is 23.3 Å². The fourth-order valence-corrected chi connectivity index (χ4v) is 4.23. The molecule has 1 aliphatic carbocycles. The molecule has 1 saturated heterocycles. The van der Waals surface area contributed by atoms with E-state index in [2.05, 4.69) is 29.2 Å². The van der Waals surface area contributed by atoms with Crippen LogP contribution in [0.2, 0.25) is 0 Å². The molecular weight excluding hydrogens is 357 g/mol. The molecular formula is C23H28FNO3. The molecule has 2 aliphatic rings. The molecule has 0 unspecified atom stereocenters. The van der Waals surface area contributed by atoms with Crippen LogP contribution in [-0.4, -0.2) is 48.5 Å². The van der Waals surface area contributed by atoms with Crippen LogP contribution in [0.3, 0.4) is 0 Å². The van der Waals surface area contributed by atoms with Crippen LogP contribution >= 0.6 is 0 Å². The Kier molecular flexibility index (Phi) is 6.25. The Morgan fingerprint density at radius 1 is 1.11 bits per heavy atom. The Morgan fingerprint density at radius 3 is 2.79 bits per heavy atom. The van der Waals surface area contributed by atoms with Gasteiger partial charge in [-0.05, 0) is 61.1 Å². The zero-order chi connectivity index (χ0) is 19.3. The van der Waals surface area contributed by atoms with Crippen LogP contribution in [0.25, 0.3) is 0 Å². The fourth-order valence-electron chi connectivity index (χ4n) is 4.23. The molecule has 150 valence electrons. The number of aliphatic hydroxyl groups is 1. The van der Waals surface area contributed by atoms with Gasteiger partial charge in [-0.2, -0.15) is 0 Å². The van der Waals surface area contributed by atoms with Gasteiger partial charge in [0.05, 0.1) is 18.8 Å². The highest BCUT2D eigenvalue weighted by Gasteiger charge is 2.27. The lowest BCUT2D eigenvalue weighted by atomic mass is 9.89. The zero-order valence-electron chi connectivity index (χ0n) is 16.1. The minimum Gasteiger partial charge on any atom is -0.489 e. The van der Waals surface area contributed by atoms with Gasteiger partial charge < -0.3 is 14.6 Å². The van der Waals surface area contributed by atoms with Gasteiger partial charge in [0, 0.05) is 19.6 Å². The summed E-state index contributed by atoms with van der Waals surface area (Å²) in [6, 6.07) is 14.6. The van der Waals surface area contributed by atoms with Gasteiger partial charge in [0.1, 0.15) is 17.7 Å². The molecule has 3 atom stereocenters. The summed E-state index contributed by atoms with van der Waals surface area (Å²) in [5.41, 5.74) is 2.64. The van der Waals surface area contributed by atoms with Gasteiger partial charge in [0.25, 0.3) is 0 Å². The predicted molar refractivity (Wildman–Crippen MR) is 106 cm³/mol. The van der Waals surface area contributed by atoms with Crippen molar-refractivity contribution < 1.29 is 19.0 Å². The zero-order valence-corrected chi connectivity index (χ0v) is 16.1. The van der Waals surface area contributed by atoms with E-state index in [1.807, 2.05) is 0 Å². The maximum Gasteiger partial charge on any atom is 0.123 e. The summed E-state index contributed by atoms with van der Waals surface area (Å²) in [5.74, 6) is 0.428. The van der Waals surface area contributed by atoms with E-state index < -0.39 is 6.10 Å². The standard InChI is InChI=1S/C23H28FNO3/c24-18-8-10-20(11-9-18)28-21-12-13-25(15-21)14-19(26)16-27-23-7-3-5-17-4-1-2-6-22(17)23/h1-2,4,6,8-11,19,21,23,26H,3,5,7,12-16H2/t19-,21+,23+/m0/s1. The van der Waals surface area contributed by atoms with Gasteiger partial charge in [-0.15, -0.1) is 0 Å². The van der Waals surface area contributed by atoms with E-state index in [1.54, 1.807) is 12.1 Å². The summed E-state index contributed by atoms with van der Waals surface area (Å²) in [4.78, 5) is 2.21. The average molecular weight is 385 g/mol. The molecule has 28 heavy (non-hydrogen) atoms. The third-order valence-electron chi connectivity index (χ3n) is 5.62. The SMILES string of the molecule is O[C@H](CO[C@@H]1CCCc2ccccc21)CN1CC[C@@H](Oc2ccc(F)cc2)C1. The first-order valence-electron chi connectivity index (χ1n) is 10.2. The van der Waals surface area contributed by atoms with Crippen molar-refractivity contribution in [2.24, 2.45) is 0 Å². The monoisotopic (exact) mass is 385 g/mol. The Hall–Kier alpha value is -1.95. The molecule has 2 aromatic rings. The van der Waals surface area contributed by atoms with Crippen molar-refractivity contribution in [2.75, 3.05) is 26.2 Å². The van der Waals surface area contributed by atoms with Crippen molar-refractivity contribution in [3.63, 3.8) is 0 Å². The van der Waals surface area contributed by atoms with Crippen LogP contribution in [0.5, 0.6) is 5.75 Å². The van der Waals surface area contributed by atoms with Crippen LogP contribution in [0.15, 0.2) is 48.5 Å². The minimum atomic E-state index is -0.515. The average Bonchev–Trinajstić information content (AvgIpc) is 3.15. The molecule has 0 bridgehead atoms. The molecule has 0 spiro atoms. The fraction of sp³-hybridized carbons (Fsp3) is 0.478. The van der Waals surface area contributed by atoms with E-state index in [0.717, 1.165) is 38.8 Å². The maximum absolute atomic E-state index is 13.0. The molecule has 0 radical (unpaired) electrons. The number of β-amino-alcohol motifs (C(OH)–C–C–N with tert-alkyl or cyclic N) is 1. The summed E-state index contributed by atoms with van der Waals surface area (Å²) in [5, 5.41) is 10.4. The van der Waals surface area contributed by atoms with Crippen molar-refractivity contribution in [1.29, 1.82) is 0 Å². The number of hydrogen-bond acceptors (Lipinski definition) is 4. The molecule has 1 N–H and O–H groups in total. The van der Waals surface area contributed by atoms with E-state index in [4.69, 9.17) is 9.47 Å². The molecule has 1 fully saturated rings. The number of aliphatic hydroxyl groups excluding tert-OH is 1. The summed E-state index contributed by atoms with van der Waals surface area (Å²) >= 11 is 0. The second kappa shape index (κ2) is 9.03. The van der Waals surface area contributed by atoms with Gasteiger partial charge >= 0.3 is 0 Å². The van der Waals surface area contributed by atoms with Crippen molar-refractivity contribution in [3.05, 3.63) is 65.5 Å². The molecule has 2 aromatic carbocycles. The number of benzene rings is 2. The quantitative estimate of drug-likeness (QED) is 0.789. The number of ether oxygens (including phenoxy) is 2. The number of aryl methyl sites for hydroxylation is 1. The first-order valence-corrected chi connectivity index (χ1v) is 10.2. The van der Waals surface area contributed by atoms with Crippen LogP contribution < -0.4 is 4.74 Å². The summed E-state index contributed by atoms with van der Waals surface area (Å²) in [6.07, 6.45) is 3.81. The number of halogens is 1. The lowest BCUT2D eigenvalue weighted by Gasteiger charge is -2.27. The smallest absolute Gasteiger partial charge is 0.123 e. The third kappa shape index (κ3) is 4.90. The Labute approximate surface area is 165 Å². The summed E-state index contributed by atoms with van der Waals surface area (Å²) in [7, 11) is 0. The van der Waals surface area contributed by atoms with E-state index in [9.17, 15) is 9.50 Å². The van der Waals surface area contributed by atoms with Crippen molar-refractivity contribution in [2.45, 2.75) is 44.0 Å². The lowest BCUT2D eigenvalue weighted by molar-refractivity contribution is -0.0268. The summed E-state index contributed by atoms with van der Waals surface area (Å²) in [6.45, 7) is 2.58. The van der Waals surface area contributed by atoms with Crippen molar-refractivity contribution in [1.82, 2.24) is 4.90 Å². The first kappa shape index (κ1) is 19.4. The Balaban J connectivity index is 1.22. The largest absolute Gasteiger partial charge is 0.489 e. The second-order valence-electron chi connectivity index (χ2n) is 7.81. The van der Waals surface area contributed by atoms with Crippen LogP contribution in [-0.2, 0) is 11.2 Å². The molecule has 1 aliphatic heterocycles. The number of hydrogen-bond donors (Lipinski definition) is 1. The molecule has 1 heterocycles. The lowest BCUT2D eigenvalue weighted by Crippen LogP contribution is -2.35. The maximum atomic E-state index is 13.0. The van der Waals surface area contributed by atoms with Crippen molar-refractivity contribution in [3.8, 4) is 5.75 Å². The van der Waals surface area contributed by atoms with Crippen LogP contribution in [0.4, 0.5) is 4.39 Å². The highest BCUT2D eigenvalue weighted by atomic mass is 19.1. The van der Waals surface area contributed by atoms with Gasteiger partial charge in [0.2, 0.25) is 0 Å². The normalized spacial score (nSPS) is 23.4. The first-order chi connectivity index (χ1) is 13.7. The van der Waals surface area contributed by atoms with E-state index in [-0.39, 0.29) is 18.0 Å². The highest BCUT2D eigenvalue weighted by Crippen LogP contribution is 2.32. The summed E-state index contributed by atoms with van der Waals surface area (Å²) < 4.78 is 25.0. The Morgan fingerprint density at radius 2 is 1.93 bits per heavy atom. The number of fused-ring (bicyclic) bond motifs is 1. The molecule has 5 heteroatoms. The number of likely N-dealkylation sites (tertiary alicyclic amines) is 1. The van der Waals surface area contributed by atoms with Gasteiger partial charge in [-0.25, -0.2) is 4.39 Å². The van der Waals surface area contributed by atoms with Crippen LogP contribution in [0.1, 0.15) is 36.5 Å². The topological polar surface area (TPSA) is 41.9 Å². The van der Waals surface area contributed by atoms with Crippen molar-refractivity contribution >= 4 is 0 Å². The molecule has 4 rings (SSSR count). The van der Waals surface area contributed by atoms with Gasteiger partial charge in [-0.1, -0.05) is 24.3 Å².